The van der Waals surface area contributed by atoms with Gasteiger partial charge in [0.25, 0.3) is 0 Å². The summed E-state index contributed by atoms with van der Waals surface area (Å²) in [7, 11) is 2.30. The molecule has 400 valence electrons. The van der Waals surface area contributed by atoms with Crippen molar-refractivity contribution in [2.75, 3.05) is 31.1 Å². The number of hydrogen-bond donors (Lipinski definition) is 12. The second-order valence-corrected chi connectivity index (χ2v) is 19.2. The Morgan fingerprint density at radius 2 is 1.49 bits per heavy atom. The van der Waals surface area contributed by atoms with Gasteiger partial charge >= 0.3 is 12.1 Å². The molecule has 10 amide bonds. The summed E-state index contributed by atoms with van der Waals surface area (Å²) in [5.41, 5.74) is 22.2. The SMILES string of the molecule is CC(C)[C@@H]1NC(=O)[C@H](Cc2ccccc2)NC(=O)[C@H](C)NC(=O)CCSSC[C@@H](C(=O)N2CCC[C@H]2C(=O)N[C@H](CCCN=C(N)N)C(=O)NCC(N)=O)NC(=O)[C@H](CC(N)=O)NC1=O.O=C(O)C(F)(F)F. The first-order chi connectivity index (χ1) is 33.7. The normalized spacial score (nSPS) is 22.2. The van der Waals surface area contributed by atoms with Gasteiger partial charge in [0.15, 0.2) is 5.96 Å². The molecule has 16 N–H and O–H groups in total. The van der Waals surface area contributed by atoms with Gasteiger partial charge in [-0.3, -0.25) is 52.9 Å². The van der Waals surface area contributed by atoms with Crippen LogP contribution in [0.1, 0.15) is 64.9 Å². The predicted molar refractivity (Wildman–Crippen MR) is 256 cm³/mol. The van der Waals surface area contributed by atoms with E-state index < -0.39 is 132 Å². The van der Waals surface area contributed by atoms with Gasteiger partial charge in [-0.25, -0.2) is 4.79 Å². The van der Waals surface area contributed by atoms with Gasteiger partial charge in [0.2, 0.25) is 59.1 Å². The van der Waals surface area contributed by atoms with Crippen molar-refractivity contribution in [3.63, 3.8) is 0 Å². The summed E-state index contributed by atoms with van der Waals surface area (Å²) in [5.74, 6) is -11.1. The molecule has 3 rings (SSSR count). The van der Waals surface area contributed by atoms with Crippen molar-refractivity contribution in [2.24, 2.45) is 33.8 Å². The average Bonchev–Trinajstić information content (AvgIpc) is 3.79. The van der Waals surface area contributed by atoms with Gasteiger partial charge in [-0.05, 0) is 44.1 Å². The number of carbonyl (C=O) groups excluding carboxylic acids is 10. The highest BCUT2D eigenvalue weighted by molar-refractivity contribution is 8.76. The Morgan fingerprint density at radius 3 is 2.07 bits per heavy atom. The van der Waals surface area contributed by atoms with Crippen molar-refractivity contribution in [1.29, 1.82) is 0 Å². The van der Waals surface area contributed by atoms with Crippen molar-refractivity contribution in [3.8, 4) is 0 Å². The third-order valence-corrected chi connectivity index (χ3v) is 12.8. The van der Waals surface area contributed by atoms with E-state index >= 15 is 0 Å². The lowest BCUT2D eigenvalue weighted by Gasteiger charge is -2.31. The van der Waals surface area contributed by atoms with Crippen molar-refractivity contribution in [1.82, 2.24) is 42.1 Å². The zero-order chi connectivity index (χ0) is 54.3. The van der Waals surface area contributed by atoms with E-state index in [1.807, 2.05) is 0 Å². The number of likely N-dealkylation sites (tertiary alicyclic amines) is 1. The zero-order valence-electron chi connectivity index (χ0n) is 39.6. The standard InChI is InChI=1S/C40H61N13O10S2.C2HF3O2/c1-21(2)32-38(62)50-26(18-29(41)54)35(59)51-27(20-65-64-16-13-31(56)47-22(3)33(57)49-25(36(60)52-32)17-23-9-5-4-6-10-23)39(63)53-15-8-12-28(53)37(61)48-24(11-7-14-45-40(43)44)34(58)46-19-30(42)55;3-2(4,5)1(6)7/h4-6,9-10,21-22,24-28,32H,7-8,11-20H2,1-3H3,(H2,41,54)(H2,42,55)(H,46,58)(H,47,56)(H,48,61)(H,49,57)(H,50,62)(H,51,59)(H,52,60)(H4,43,44,45);(H,6,7)/t22-,24+,25-,26-,27-,28-,32-;/m0./s1. The number of amides is 10. The monoisotopic (exact) mass is 1060 g/mol. The number of carboxylic acid groups (broad SMARTS) is 1. The molecule has 0 unspecified atom stereocenters. The molecule has 25 nitrogen and oxygen atoms in total. The lowest BCUT2D eigenvalue weighted by Crippen LogP contribution is -2.61. The smallest absolute Gasteiger partial charge is 0.475 e. The summed E-state index contributed by atoms with van der Waals surface area (Å²) in [4.78, 5) is 147. The number of primary amides is 2. The van der Waals surface area contributed by atoms with E-state index in [9.17, 15) is 61.1 Å². The molecule has 2 heterocycles. The Bertz CT molecular complexity index is 2140. The molecule has 0 saturated carbocycles. The Hall–Kier alpha value is -6.85. The molecule has 0 bridgehead atoms. The fraction of sp³-hybridized carbons (Fsp3) is 0.571. The van der Waals surface area contributed by atoms with Gasteiger partial charge in [0.05, 0.1) is 13.0 Å². The van der Waals surface area contributed by atoms with Crippen LogP contribution in [0.2, 0.25) is 0 Å². The number of guanidine groups is 1. The molecule has 30 heteroatoms. The van der Waals surface area contributed by atoms with Crippen LogP contribution in [0, 0.1) is 5.92 Å². The molecule has 72 heavy (non-hydrogen) atoms. The molecule has 1 aromatic carbocycles. The van der Waals surface area contributed by atoms with Crippen LogP contribution in [0.3, 0.4) is 0 Å². The number of aliphatic imine (C=N–C) groups is 1. The summed E-state index contributed by atoms with van der Waals surface area (Å²) in [6.45, 7) is 4.43. The molecule has 2 saturated heterocycles. The quantitative estimate of drug-likeness (QED) is 0.0355. The van der Waals surface area contributed by atoms with E-state index in [1.165, 1.54) is 22.6 Å². The number of halogens is 3. The van der Waals surface area contributed by atoms with Crippen LogP contribution in [0.15, 0.2) is 35.3 Å². The first-order valence-corrected chi connectivity index (χ1v) is 24.8. The van der Waals surface area contributed by atoms with Crippen LogP contribution in [0.4, 0.5) is 13.2 Å². The van der Waals surface area contributed by atoms with Gasteiger partial charge in [-0.15, -0.1) is 0 Å². The number of aliphatic carboxylic acids is 1. The lowest BCUT2D eigenvalue weighted by atomic mass is 10.00. The lowest BCUT2D eigenvalue weighted by molar-refractivity contribution is -0.192. The Morgan fingerprint density at radius 1 is 0.861 bits per heavy atom. The molecule has 2 fully saturated rings. The van der Waals surface area contributed by atoms with Gasteiger partial charge in [-0.1, -0.05) is 65.8 Å². The highest BCUT2D eigenvalue weighted by atomic mass is 33.1. The maximum atomic E-state index is 14.4. The first kappa shape index (κ1) is 61.3. The molecule has 0 spiro atoms. The van der Waals surface area contributed by atoms with E-state index in [2.05, 4.69) is 42.2 Å². The van der Waals surface area contributed by atoms with Crippen molar-refractivity contribution in [3.05, 3.63) is 35.9 Å². The summed E-state index contributed by atoms with van der Waals surface area (Å²) < 4.78 is 31.7. The van der Waals surface area contributed by atoms with Crippen molar-refractivity contribution in [2.45, 2.75) is 114 Å². The van der Waals surface area contributed by atoms with Crippen LogP contribution in [-0.2, 0) is 59.2 Å². The third-order valence-electron chi connectivity index (χ3n) is 10.4. The number of alkyl halides is 3. The molecular weight excluding hydrogens is 1000 g/mol. The van der Waals surface area contributed by atoms with Crippen LogP contribution < -0.4 is 60.2 Å². The summed E-state index contributed by atoms with van der Waals surface area (Å²) >= 11 is 0. The van der Waals surface area contributed by atoms with E-state index in [1.54, 1.807) is 44.2 Å². The third kappa shape index (κ3) is 22.1. The maximum absolute atomic E-state index is 14.4. The van der Waals surface area contributed by atoms with Crippen molar-refractivity contribution >= 4 is 92.6 Å². The van der Waals surface area contributed by atoms with Crippen LogP contribution in [0.5, 0.6) is 0 Å². The number of hydrogen-bond acceptors (Lipinski definition) is 14. The van der Waals surface area contributed by atoms with E-state index in [0.29, 0.717) is 12.0 Å². The second kappa shape index (κ2) is 30.1. The van der Waals surface area contributed by atoms with Gasteiger partial charge in [0.1, 0.15) is 42.3 Å². The van der Waals surface area contributed by atoms with Gasteiger partial charge in [0, 0.05) is 37.4 Å². The fourth-order valence-electron chi connectivity index (χ4n) is 6.79. The van der Waals surface area contributed by atoms with E-state index in [0.717, 1.165) is 10.8 Å². The molecular formula is C42H62F3N13O12S2. The summed E-state index contributed by atoms with van der Waals surface area (Å²) in [6.07, 6.45) is -4.95. The Balaban J connectivity index is 0.00000235. The Labute approximate surface area is 419 Å². The second-order valence-electron chi connectivity index (χ2n) is 16.6. The minimum atomic E-state index is -5.08. The molecule has 7 atom stereocenters. The predicted octanol–water partition coefficient (Wildman–Crippen LogP) is -3.25. The van der Waals surface area contributed by atoms with Crippen LogP contribution in [0.25, 0.3) is 0 Å². The molecule has 2 aliphatic heterocycles. The maximum Gasteiger partial charge on any atom is 0.490 e. The first-order valence-electron chi connectivity index (χ1n) is 22.3. The number of benzene rings is 1. The largest absolute Gasteiger partial charge is 0.490 e. The van der Waals surface area contributed by atoms with Crippen molar-refractivity contribution < 1.29 is 71.0 Å². The molecule has 0 radical (unpaired) electrons. The molecule has 2 aliphatic rings. The highest BCUT2D eigenvalue weighted by Crippen LogP contribution is 2.26. The topological polar surface area (TPSA) is 412 Å². The van der Waals surface area contributed by atoms with Crippen LogP contribution in [-0.4, -0.2) is 161 Å². The highest BCUT2D eigenvalue weighted by Gasteiger charge is 2.41. The zero-order valence-corrected chi connectivity index (χ0v) is 41.2. The minimum Gasteiger partial charge on any atom is -0.475 e. The Kier molecular flexibility index (Phi) is 25.6. The molecule has 0 aliphatic carbocycles. The van der Waals surface area contributed by atoms with E-state index in [-0.39, 0.29) is 62.7 Å². The number of nitrogens with two attached hydrogens (primary N) is 4. The van der Waals surface area contributed by atoms with E-state index in [4.69, 9.17) is 32.8 Å². The van der Waals surface area contributed by atoms with Gasteiger partial charge in [-0.2, -0.15) is 13.2 Å². The molecule has 1 aromatic rings. The average molecular weight is 1060 g/mol. The number of nitrogens with one attached hydrogen (secondary N) is 7. The van der Waals surface area contributed by atoms with Crippen LogP contribution >= 0.6 is 21.6 Å². The number of carboxylic acids is 1. The number of rotatable bonds is 15. The molecule has 0 aromatic heterocycles. The summed E-state index contributed by atoms with van der Waals surface area (Å²) in [5, 5.41) is 25.2. The fourth-order valence-corrected chi connectivity index (χ4v) is 8.94. The number of carbonyl (C=O) groups is 11. The summed E-state index contributed by atoms with van der Waals surface area (Å²) in [6, 6.07) is -0.0403. The van der Waals surface area contributed by atoms with Gasteiger partial charge < -0.3 is 70.2 Å². The number of nitrogens with zero attached hydrogens (tertiary/aromatic N) is 2. The minimum absolute atomic E-state index is 0.0224.